The van der Waals surface area contributed by atoms with E-state index in [-0.39, 0.29) is 0 Å². The summed E-state index contributed by atoms with van der Waals surface area (Å²) in [5.41, 5.74) is -0.405. The van der Waals surface area contributed by atoms with E-state index in [0.717, 1.165) is 6.42 Å². The van der Waals surface area contributed by atoms with Crippen LogP contribution >= 0.6 is 0 Å². The largest absolute Gasteiger partial charge is 0.479 e. The number of methoxy groups -OCH3 is 1. The molecular weight excluding hydrogens is 184 g/mol. The lowest BCUT2D eigenvalue weighted by Gasteiger charge is -2.22. The van der Waals surface area contributed by atoms with Crippen LogP contribution < -0.4 is 0 Å². The monoisotopic (exact) mass is 204 g/mol. The summed E-state index contributed by atoms with van der Waals surface area (Å²) in [6, 6.07) is 0. The summed E-state index contributed by atoms with van der Waals surface area (Å²) >= 11 is 0. The van der Waals surface area contributed by atoms with Crippen LogP contribution in [-0.4, -0.2) is 36.5 Å². The third kappa shape index (κ3) is 3.64. The van der Waals surface area contributed by atoms with Gasteiger partial charge in [0.2, 0.25) is 0 Å². The van der Waals surface area contributed by atoms with Crippen LogP contribution in [0.15, 0.2) is 0 Å². The van der Waals surface area contributed by atoms with Gasteiger partial charge in [0, 0.05) is 7.11 Å². The summed E-state index contributed by atoms with van der Waals surface area (Å²) in [5, 5.41) is 8.65. The van der Waals surface area contributed by atoms with Gasteiger partial charge in [-0.1, -0.05) is 13.8 Å². The molecule has 1 aliphatic rings. The van der Waals surface area contributed by atoms with Crippen molar-refractivity contribution in [3.8, 4) is 0 Å². The molecule has 4 nitrogen and oxygen atoms in total. The van der Waals surface area contributed by atoms with E-state index >= 15 is 0 Å². The summed E-state index contributed by atoms with van der Waals surface area (Å²) in [7, 11) is 1.59. The van der Waals surface area contributed by atoms with Crippen LogP contribution in [0.5, 0.6) is 0 Å². The molecule has 0 spiro atoms. The zero-order valence-electron chi connectivity index (χ0n) is 9.37. The summed E-state index contributed by atoms with van der Waals surface area (Å²) < 4.78 is 10.3. The fourth-order valence-corrected chi connectivity index (χ4v) is 1.48. The van der Waals surface area contributed by atoms with Crippen molar-refractivity contribution in [2.24, 2.45) is 0 Å². The Labute approximate surface area is 85.2 Å². The highest BCUT2D eigenvalue weighted by molar-refractivity contribution is 5.72. The van der Waals surface area contributed by atoms with Gasteiger partial charge in [0.05, 0.1) is 12.2 Å². The summed E-state index contributed by atoms with van der Waals surface area (Å²) in [6.45, 7) is 6.33. The zero-order chi connectivity index (χ0) is 11.2. The maximum absolute atomic E-state index is 10.5. The molecule has 0 aromatic rings. The minimum atomic E-state index is -0.880. The zero-order valence-corrected chi connectivity index (χ0v) is 9.37. The van der Waals surface area contributed by atoms with E-state index < -0.39 is 17.7 Å². The number of ether oxygens (including phenoxy) is 2. The molecule has 0 radical (unpaired) electrons. The number of hydrogen-bond acceptors (Lipinski definition) is 3. The van der Waals surface area contributed by atoms with Gasteiger partial charge < -0.3 is 14.6 Å². The highest BCUT2D eigenvalue weighted by atomic mass is 16.6. The minimum Gasteiger partial charge on any atom is -0.479 e. The Hall–Kier alpha value is -0.610. The Morgan fingerprint density at radius 3 is 2.57 bits per heavy atom. The molecule has 0 bridgehead atoms. The summed E-state index contributed by atoms with van der Waals surface area (Å²) in [4.78, 5) is 10.5. The van der Waals surface area contributed by atoms with Gasteiger partial charge in [-0.2, -0.15) is 0 Å². The average molecular weight is 204 g/mol. The molecule has 0 saturated carbocycles. The van der Waals surface area contributed by atoms with Crippen LogP contribution in [0.25, 0.3) is 0 Å². The molecule has 0 aromatic heterocycles. The summed E-state index contributed by atoms with van der Waals surface area (Å²) in [6.07, 6.45) is 0.678. The van der Waals surface area contributed by atoms with Crippen molar-refractivity contribution >= 4 is 5.97 Å². The smallest absolute Gasteiger partial charge is 0.332 e. The second-order valence-electron chi connectivity index (χ2n) is 3.37. The van der Waals surface area contributed by atoms with Crippen molar-refractivity contribution < 1.29 is 19.4 Å². The number of carboxylic acids is 1. The van der Waals surface area contributed by atoms with E-state index in [4.69, 9.17) is 14.6 Å². The van der Waals surface area contributed by atoms with Crippen molar-refractivity contribution in [2.75, 3.05) is 13.7 Å². The highest BCUT2D eigenvalue weighted by Gasteiger charge is 2.39. The van der Waals surface area contributed by atoms with Crippen LogP contribution in [0.2, 0.25) is 0 Å². The Morgan fingerprint density at radius 1 is 1.64 bits per heavy atom. The van der Waals surface area contributed by atoms with E-state index in [1.165, 1.54) is 0 Å². The molecule has 1 saturated heterocycles. The number of carboxylic acid groups (broad SMARTS) is 1. The normalized spacial score (nSPS) is 30.7. The molecule has 0 aliphatic carbocycles. The number of rotatable bonds is 3. The number of aliphatic carboxylic acids is 1. The third-order valence-corrected chi connectivity index (χ3v) is 2.09. The number of hydrogen-bond donors (Lipinski definition) is 1. The molecule has 2 unspecified atom stereocenters. The van der Waals surface area contributed by atoms with Crippen molar-refractivity contribution in [3.05, 3.63) is 0 Å². The van der Waals surface area contributed by atoms with Crippen molar-refractivity contribution in [2.45, 2.75) is 45.3 Å². The van der Waals surface area contributed by atoms with E-state index in [1.54, 1.807) is 7.11 Å². The molecule has 1 aliphatic heterocycles. The third-order valence-electron chi connectivity index (χ3n) is 2.09. The molecule has 2 atom stereocenters. The van der Waals surface area contributed by atoms with Gasteiger partial charge in [-0.3, -0.25) is 0 Å². The van der Waals surface area contributed by atoms with E-state index in [1.807, 2.05) is 20.8 Å². The fraction of sp³-hybridized carbons (Fsp3) is 0.900. The second-order valence-corrected chi connectivity index (χ2v) is 3.37. The van der Waals surface area contributed by atoms with Gasteiger partial charge in [-0.25, -0.2) is 4.79 Å². The van der Waals surface area contributed by atoms with Crippen LogP contribution in [-0.2, 0) is 14.3 Å². The van der Waals surface area contributed by atoms with Crippen molar-refractivity contribution in [1.82, 2.24) is 0 Å². The quantitative estimate of drug-likeness (QED) is 0.760. The molecule has 1 fully saturated rings. The van der Waals surface area contributed by atoms with Crippen LogP contribution in [0.1, 0.15) is 33.6 Å². The minimum absolute atomic E-state index is 0.405. The molecular formula is C10H20O4. The van der Waals surface area contributed by atoms with Gasteiger partial charge >= 0.3 is 5.97 Å². The predicted octanol–water partition coefficient (Wildman–Crippen LogP) is 1.68. The van der Waals surface area contributed by atoms with Crippen molar-refractivity contribution in [1.29, 1.82) is 0 Å². The Morgan fingerprint density at radius 2 is 2.21 bits per heavy atom. The molecule has 1 N–H and O–H groups in total. The lowest BCUT2D eigenvalue weighted by Crippen LogP contribution is -2.32. The van der Waals surface area contributed by atoms with Crippen LogP contribution in [0.3, 0.4) is 0 Å². The molecule has 1 heterocycles. The molecule has 0 aromatic carbocycles. The van der Waals surface area contributed by atoms with Gasteiger partial charge in [0.15, 0.2) is 6.10 Å². The van der Waals surface area contributed by atoms with Crippen LogP contribution in [0, 0.1) is 0 Å². The first-order valence-electron chi connectivity index (χ1n) is 4.97. The fourth-order valence-electron chi connectivity index (χ4n) is 1.48. The van der Waals surface area contributed by atoms with Gasteiger partial charge in [0.1, 0.15) is 0 Å². The summed E-state index contributed by atoms with van der Waals surface area (Å²) in [5.74, 6) is -0.880. The topological polar surface area (TPSA) is 55.8 Å². The Balaban J connectivity index is 0.000000791. The molecule has 0 amide bonds. The van der Waals surface area contributed by atoms with Crippen molar-refractivity contribution in [3.63, 3.8) is 0 Å². The molecule has 4 heteroatoms. The Kier molecular flexibility index (Phi) is 5.72. The molecule has 84 valence electrons. The first kappa shape index (κ1) is 13.4. The van der Waals surface area contributed by atoms with E-state index in [0.29, 0.717) is 13.0 Å². The molecule has 1 rings (SSSR count). The lowest BCUT2D eigenvalue weighted by atomic mass is 10.0. The average Bonchev–Trinajstić information content (AvgIpc) is 2.52. The maximum Gasteiger partial charge on any atom is 0.332 e. The number of carbonyl (C=O) groups is 1. The van der Waals surface area contributed by atoms with Gasteiger partial charge in [0.25, 0.3) is 0 Å². The van der Waals surface area contributed by atoms with Crippen LogP contribution in [0.4, 0.5) is 0 Å². The van der Waals surface area contributed by atoms with Gasteiger partial charge in [-0.05, 0) is 19.8 Å². The first-order valence-corrected chi connectivity index (χ1v) is 4.97. The standard InChI is InChI=1S/C8H14O4.C2H6/c1-8(5-11-2)4-3-6(12-8)7(9)10;1-2/h6H,3-5H2,1-2H3,(H,9,10);1-2H3. The van der Waals surface area contributed by atoms with Gasteiger partial charge in [-0.15, -0.1) is 0 Å². The van der Waals surface area contributed by atoms with E-state index in [2.05, 4.69) is 0 Å². The lowest BCUT2D eigenvalue weighted by molar-refractivity contribution is -0.156. The maximum atomic E-state index is 10.5. The molecule has 14 heavy (non-hydrogen) atoms. The second kappa shape index (κ2) is 5.98. The van der Waals surface area contributed by atoms with E-state index in [9.17, 15) is 4.79 Å². The first-order chi connectivity index (χ1) is 6.57. The SMILES string of the molecule is CC.COCC1(C)CCC(C(=O)O)O1. The highest BCUT2D eigenvalue weighted by Crippen LogP contribution is 2.30. The Bertz CT molecular complexity index is 181. The predicted molar refractivity (Wildman–Crippen MR) is 53.4 cm³/mol.